The van der Waals surface area contributed by atoms with Crippen molar-refractivity contribution in [3.8, 4) is 0 Å². The molecular formula is C29H50O. The summed E-state index contributed by atoms with van der Waals surface area (Å²) in [5.41, 5.74) is 1.07. The zero-order chi connectivity index (χ0) is 21.7. The van der Waals surface area contributed by atoms with E-state index in [9.17, 15) is 5.11 Å². The van der Waals surface area contributed by atoms with Crippen molar-refractivity contribution in [3.05, 3.63) is 12.2 Å². The number of aliphatic hydroxyl groups is 1. The summed E-state index contributed by atoms with van der Waals surface area (Å²) in [5, 5.41) is 10.3. The second kappa shape index (κ2) is 8.57. The number of allylic oxidation sites excluding steroid dienone is 2. The number of rotatable bonds is 5. The zero-order valence-electron chi connectivity index (χ0n) is 20.9. The molecule has 0 spiro atoms. The maximum absolute atomic E-state index is 10.3. The van der Waals surface area contributed by atoms with E-state index in [1.165, 1.54) is 51.4 Å². The lowest BCUT2D eigenvalue weighted by Crippen LogP contribution is -2.54. The molecule has 0 saturated heterocycles. The van der Waals surface area contributed by atoms with Crippen molar-refractivity contribution in [1.29, 1.82) is 0 Å². The van der Waals surface area contributed by atoms with Crippen molar-refractivity contribution in [2.75, 3.05) is 0 Å². The summed E-state index contributed by atoms with van der Waals surface area (Å²) in [6.45, 7) is 14.9. The van der Waals surface area contributed by atoms with Crippen LogP contribution in [0, 0.1) is 58.2 Å². The molecule has 4 fully saturated rings. The Labute approximate surface area is 187 Å². The molecular weight excluding hydrogens is 364 g/mol. The molecule has 0 amide bonds. The van der Waals surface area contributed by atoms with Crippen molar-refractivity contribution in [2.24, 2.45) is 58.2 Å². The molecule has 0 aromatic heterocycles. The quantitative estimate of drug-likeness (QED) is 0.454. The summed E-state index contributed by atoms with van der Waals surface area (Å²) in [4.78, 5) is 0. The van der Waals surface area contributed by atoms with Gasteiger partial charge in [0.05, 0.1) is 6.10 Å². The molecule has 4 aliphatic carbocycles. The first kappa shape index (κ1) is 22.9. The van der Waals surface area contributed by atoms with Gasteiger partial charge < -0.3 is 5.11 Å². The van der Waals surface area contributed by atoms with Gasteiger partial charge in [0.2, 0.25) is 0 Å². The van der Waals surface area contributed by atoms with Gasteiger partial charge in [0.25, 0.3) is 0 Å². The highest BCUT2D eigenvalue weighted by atomic mass is 16.3. The molecule has 1 N–H and O–H groups in total. The normalized spacial score (nSPS) is 48.3. The van der Waals surface area contributed by atoms with Gasteiger partial charge >= 0.3 is 0 Å². The average molecular weight is 415 g/mol. The highest BCUT2D eigenvalue weighted by Crippen LogP contribution is 2.68. The third-order valence-electron chi connectivity index (χ3n) is 11.3. The lowest BCUT2D eigenvalue weighted by atomic mass is 9.44. The van der Waals surface area contributed by atoms with Crippen LogP contribution in [0.5, 0.6) is 0 Å². The Bertz CT molecular complexity index is 622. The van der Waals surface area contributed by atoms with Crippen molar-refractivity contribution < 1.29 is 5.11 Å². The van der Waals surface area contributed by atoms with E-state index in [4.69, 9.17) is 0 Å². The van der Waals surface area contributed by atoms with E-state index in [0.717, 1.165) is 60.2 Å². The van der Waals surface area contributed by atoms with Crippen LogP contribution in [-0.4, -0.2) is 11.2 Å². The lowest BCUT2D eigenvalue weighted by molar-refractivity contribution is -0.128. The second-order valence-electron chi connectivity index (χ2n) is 12.9. The molecule has 30 heavy (non-hydrogen) atoms. The monoisotopic (exact) mass is 414 g/mol. The van der Waals surface area contributed by atoms with Gasteiger partial charge in [-0.3, -0.25) is 0 Å². The molecule has 172 valence electrons. The minimum absolute atomic E-state index is 0.0187. The van der Waals surface area contributed by atoms with E-state index in [-0.39, 0.29) is 6.10 Å². The minimum atomic E-state index is -0.0187. The highest BCUT2D eigenvalue weighted by Gasteiger charge is 2.60. The summed E-state index contributed by atoms with van der Waals surface area (Å²) in [5.74, 6) is 6.72. The van der Waals surface area contributed by atoms with E-state index in [0.29, 0.717) is 10.8 Å². The number of hydrogen-bond donors (Lipinski definition) is 1. The Kier molecular flexibility index (Phi) is 6.53. The fourth-order valence-corrected chi connectivity index (χ4v) is 9.42. The summed E-state index contributed by atoms with van der Waals surface area (Å²) >= 11 is 0. The van der Waals surface area contributed by atoms with Gasteiger partial charge in [0, 0.05) is 0 Å². The van der Waals surface area contributed by atoms with Crippen LogP contribution in [0.2, 0.25) is 0 Å². The van der Waals surface area contributed by atoms with Crippen LogP contribution in [0.1, 0.15) is 106 Å². The van der Waals surface area contributed by atoms with Crippen LogP contribution >= 0.6 is 0 Å². The highest BCUT2D eigenvalue weighted by molar-refractivity contribution is 5.11. The third-order valence-corrected chi connectivity index (χ3v) is 11.3. The number of aliphatic hydroxyl groups excluding tert-OH is 1. The van der Waals surface area contributed by atoms with E-state index in [2.05, 4.69) is 53.7 Å². The molecule has 10 atom stereocenters. The van der Waals surface area contributed by atoms with Gasteiger partial charge in [0.1, 0.15) is 0 Å². The molecule has 4 saturated carbocycles. The van der Waals surface area contributed by atoms with Crippen LogP contribution in [0.15, 0.2) is 12.2 Å². The van der Waals surface area contributed by atoms with Crippen LogP contribution in [0.3, 0.4) is 0 Å². The van der Waals surface area contributed by atoms with Crippen LogP contribution in [0.4, 0.5) is 0 Å². The predicted molar refractivity (Wildman–Crippen MR) is 128 cm³/mol. The van der Waals surface area contributed by atoms with Gasteiger partial charge in [-0.15, -0.1) is 0 Å². The van der Waals surface area contributed by atoms with Gasteiger partial charge in [0.15, 0.2) is 0 Å². The van der Waals surface area contributed by atoms with E-state index in [1.54, 1.807) is 0 Å². The topological polar surface area (TPSA) is 20.2 Å². The van der Waals surface area contributed by atoms with Crippen molar-refractivity contribution in [2.45, 2.75) is 112 Å². The van der Waals surface area contributed by atoms with Gasteiger partial charge in [-0.1, -0.05) is 53.7 Å². The standard InChI is InChI=1S/C29H50O/c1-7-21(19(2)3)9-8-20(4)25-12-13-26-24-11-10-22-18-23(30)14-16-28(22,5)27(24)15-17-29(25,26)6/h8-9,19-27,30H,7,10-18H2,1-6H3/b9-8+/t20-,21+,22+,23+,24+,25-,26+,27-,28+,29-/m1/s1. The first-order chi connectivity index (χ1) is 14.2. The lowest BCUT2D eigenvalue weighted by Gasteiger charge is -2.61. The third kappa shape index (κ3) is 3.74. The fourth-order valence-electron chi connectivity index (χ4n) is 9.42. The zero-order valence-corrected chi connectivity index (χ0v) is 20.9. The molecule has 0 aromatic rings. The van der Waals surface area contributed by atoms with Gasteiger partial charge in [-0.05, 0) is 122 Å². The Balaban J connectivity index is 1.49. The number of hydrogen-bond acceptors (Lipinski definition) is 1. The summed E-state index contributed by atoms with van der Waals surface area (Å²) in [6.07, 6.45) is 18.5. The predicted octanol–water partition coefficient (Wildman–Crippen LogP) is 7.88. The van der Waals surface area contributed by atoms with Crippen molar-refractivity contribution in [3.63, 3.8) is 0 Å². The maximum atomic E-state index is 10.3. The first-order valence-electron chi connectivity index (χ1n) is 13.6. The molecule has 0 aromatic carbocycles. The summed E-state index contributed by atoms with van der Waals surface area (Å²) in [6, 6.07) is 0. The number of fused-ring (bicyclic) bond motifs is 5. The van der Waals surface area contributed by atoms with Gasteiger partial charge in [-0.2, -0.15) is 0 Å². The molecule has 0 bridgehead atoms. The van der Waals surface area contributed by atoms with E-state index in [1.807, 2.05) is 0 Å². The van der Waals surface area contributed by atoms with Gasteiger partial charge in [-0.25, -0.2) is 0 Å². The molecule has 1 heteroatoms. The van der Waals surface area contributed by atoms with E-state index < -0.39 is 0 Å². The molecule has 0 radical (unpaired) electrons. The van der Waals surface area contributed by atoms with Crippen molar-refractivity contribution >= 4 is 0 Å². The summed E-state index contributed by atoms with van der Waals surface area (Å²) in [7, 11) is 0. The molecule has 0 unspecified atom stereocenters. The molecule has 0 aliphatic heterocycles. The average Bonchev–Trinajstić information content (AvgIpc) is 3.06. The molecule has 4 aliphatic rings. The fraction of sp³-hybridized carbons (Fsp3) is 0.931. The Morgan fingerprint density at radius 3 is 2.27 bits per heavy atom. The van der Waals surface area contributed by atoms with Crippen LogP contribution in [-0.2, 0) is 0 Å². The molecule has 0 heterocycles. The Morgan fingerprint density at radius 1 is 0.867 bits per heavy atom. The Morgan fingerprint density at radius 2 is 1.57 bits per heavy atom. The van der Waals surface area contributed by atoms with Crippen LogP contribution in [0.25, 0.3) is 0 Å². The SMILES string of the molecule is CC[C@@H](/C=C/[C@@H](C)[C@H]1CC[C@H]2[C@@H]3CC[C@H]4C[C@@H](O)CC[C@]4(C)[C@@H]3CC[C@]12C)C(C)C. The smallest absolute Gasteiger partial charge is 0.0543 e. The summed E-state index contributed by atoms with van der Waals surface area (Å²) < 4.78 is 0. The van der Waals surface area contributed by atoms with Crippen LogP contribution < -0.4 is 0 Å². The minimum Gasteiger partial charge on any atom is -0.393 e. The maximum Gasteiger partial charge on any atom is 0.0543 e. The molecule has 1 nitrogen and oxygen atoms in total. The molecule has 4 rings (SSSR count). The second-order valence-corrected chi connectivity index (χ2v) is 12.9. The largest absolute Gasteiger partial charge is 0.393 e. The van der Waals surface area contributed by atoms with E-state index >= 15 is 0 Å². The van der Waals surface area contributed by atoms with Crippen molar-refractivity contribution in [1.82, 2.24) is 0 Å². The Hall–Kier alpha value is -0.300. The first-order valence-corrected chi connectivity index (χ1v) is 13.6.